The van der Waals surface area contributed by atoms with Gasteiger partial charge in [0.1, 0.15) is 0 Å². The molecule has 0 aliphatic heterocycles. The maximum atomic E-state index is 3.78. The van der Waals surface area contributed by atoms with Crippen molar-refractivity contribution in [1.29, 1.82) is 0 Å². The molecule has 1 rings (SSSR count). The van der Waals surface area contributed by atoms with E-state index in [9.17, 15) is 0 Å². The Bertz CT molecular complexity index is 182. The first-order valence-corrected chi connectivity index (χ1v) is 8.25. The van der Waals surface area contributed by atoms with Gasteiger partial charge in [0.05, 0.1) is 0 Å². The third-order valence-electron chi connectivity index (χ3n) is 3.86. The van der Waals surface area contributed by atoms with E-state index < -0.39 is 0 Å². The lowest BCUT2D eigenvalue weighted by atomic mass is 9.79. The Balaban J connectivity index is 2.21. The summed E-state index contributed by atoms with van der Waals surface area (Å²) in [4.78, 5) is 0. The molecule has 3 atom stereocenters. The van der Waals surface area contributed by atoms with E-state index in [4.69, 9.17) is 0 Å². The Labute approximate surface area is 106 Å². The molecule has 1 aliphatic rings. The first-order chi connectivity index (χ1) is 7.63. The predicted octanol–water partition coefficient (Wildman–Crippen LogP) is 3.79. The van der Waals surface area contributed by atoms with Crippen LogP contribution < -0.4 is 5.32 Å². The van der Waals surface area contributed by atoms with E-state index in [-0.39, 0.29) is 0 Å². The molecule has 0 aromatic carbocycles. The molecule has 1 nitrogen and oxygen atoms in total. The van der Waals surface area contributed by atoms with Crippen molar-refractivity contribution >= 4 is 11.8 Å². The molecule has 0 bridgehead atoms. The van der Waals surface area contributed by atoms with Gasteiger partial charge in [-0.25, -0.2) is 0 Å². The van der Waals surface area contributed by atoms with Crippen LogP contribution >= 0.6 is 11.8 Å². The van der Waals surface area contributed by atoms with Gasteiger partial charge in [0, 0.05) is 6.04 Å². The van der Waals surface area contributed by atoms with Gasteiger partial charge in [0.2, 0.25) is 0 Å². The summed E-state index contributed by atoms with van der Waals surface area (Å²) < 4.78 is 0. The van der Waals surface area contributed by atoms with Crippen LogP contribution in [0.4, 0.5) is 0 Å². The Morgan fingerprint density at radius 1 is 1.25 bits per heavy atom. The second-order valence-electron chi connectivity index (χ2n) is 5.84. The molecular formula is C14H29NS. The van der Waals surface area contributed by atoms with Crippen molar-refractivity contribution in [2.24, 2.45) is 17.8 Å². The van der Waals surface area contributed by atoms with E-state index in [2.05, 4.69) is 32.3 Å². The average Bonchev–Trinajstić information content (AvgIpc) is 2.27. The van der Waals surface area contributed by atoms with Crippen LogP contribution in [0.2, 0.25) is 0 Å². The van der Waals surface area contributed by atoms with Gasteiger partial charge in [-0.1, -0.05) is 33.6 Å². The maximum absolute atomic E-state index is 3.78. The summed E-state index contributed by atoms with van der Waals surface area (Å²) in [7, 11) is 0. The minimum Gasteiger partial charge on any atom is -0.314 e. The summed E-state index contributed by atoms with van der Waals surface area (Å²) in [6.45, 7) is 8.31. The lowest BCUT2D eigenvalue weighted by Gasteiger charge is -2.32. The van der Waals surface area contributed by atoms with Crippen LogP contribution in [0.1, 0.15) is 46.5 Å². The van der Waals surface area contributed by atoms with Crippen molar-refractivity contribution in [3.8, 4) is 0 Å². The number of rotatable bonds is 6. The van der Waals surface area contributed by atoms with Crippen LogP contribution in [0.5, 0.6) is 0 Å². The van der Waals surface area contributed by atoms with Crippen LogP contribution in [0.3, 0.4) is 0 Å². The zero-order chi connectivity index (χ0) is 12.0. The highest BCUT2D eigenvalue weighted by atomic mass is 32.2. The lowest BCUT2D eigenvalue weighted by molar-refractivity contribution is 0.228. The Kier molecular flexibility index (Phi) is 6.83. The van der Waals surface area contributed by atoms with Gasteiger partial charge in [-0.15, -0.1) is 0 Å². The maximum Gasteiger partial charge on any atom is 0.00699 e. The van der Waals surface area contributed by atoms with Crippen molar-refractivity contribution in [3.05, 3.63) is 0 Å². The minimum absolute atomic E-state index is 0.797. The fraction of sp³-hybridized carbons (Fsp3) is 1.00. The molecule has 0 saturated heterocycles. The van der Waals surface area contributed by atoms with Crippen molar-refractivity contribution in [1.82, 2.24) is 5.32 Å². The molecular weight excluding hydrogens is 214 g/mol. The molecule has 0 heterocycles. The summed E-state index contributed by atoms with van der Waals surface area (Å²) >= 11 is 1.96. The molecule has 0 aromatic heterocycles. The van der Waals surface area contributed by atoms with E-state index >= 15 is 0 Å². The first kappa shape index (κ1) is 14.4. The van der Waals surface area contributed by atoms with Crippen LogP contribution in [-0.4, -0.2) is 24.6 Å². The van der Waals surface area contributed by atoms with Gasteiger partial charge >= 0.3 is 0 Å². The third kappa shape index (κ3) is 5.09. The van der Waals surface area contributed by atoms with Crippen molar-refractivity contribution < 1.29 is 0 Å². The zero-order valence-electron chi connectivity index (χ0n) is 11.5. The molecule has 96 valence electrons. The monoisotopic (exact) mass is 243 g/mol. The van der Waals surface area contributed by atoms with Gasteiger partial charge < -0.3 is 5.32 Å². The normalized spacial score (nSPS) is 28.3. The van der Waals surface area contributed by atoms with E-state index in [1.165, 1.54) is 38.0 Å². The smallest absolute Gasteiger partial charge is 0.00699 e. The molecule has 3 unspecified atom stereocenters. The van der Waals surface area contributed by atoms with Crippen molar-refractivity contribution in [3.63, 3.8) is 0 Å². The SMILES string of the molecule is CSCC(C)CNC1CCCC(C(C)C)C1. The number of hydrogen-bond donors (Lipinski definition) is 1. The van der Waals surface area contributed by atoms with E-state index in [1.807, 2.05) is 11.8 Å². The van der Waals surface area contributed by atoms with Gasteiger partial charge in [-0.05, 0) is 49.1 Å². The lowest BCUT2D eigenvalue weighted by Crippen LogP contribution is -2.38. The van der Waals surface area contributed by atoms with Crippen LogP contribution in [-0.2, 0) is 0 Å². The Morgan fingerprint density at radius 3 is 2.62 bits per heavy atom. The topological polar surface area (TPSA) is 12.0 Å². The second-order valence-corrected chi connectivity index (χ2v) is 6.75. The molecule has 1 N–H and O–H groups in total. The van der Waals surface area contributed by atoms with Gasteiger partial charge in [0.25, 0.3) is 0 Å². The van der Waals surface area contributed by atoms with Crippen LogP contribution in [0.15, 0.2) is 0 Å². The third-order valence-corrected chi connectivity index (χ3v) is 4.77. The summed E-state index contributed by atoms with van der Waals surface area (Å²) in [6, 6.07) is 0.797. The van der Waals surface area contributed by atoms with Crippen molar-refractivity contribution in [2.75, 3.05) is 18.6 Å². The highest BCUT2D eigenvalue weighted by molar-refractivity contribution is 7.98. The first-order valence-electron chi connectivity index (χ1n) is 6.85. The standard InChI is InChI=1S/C14H29NS/c1-11(2)13-6-5-7-14(8-13)15-9-12(3)10-16-4/h11-15H,5-10H2,1-4H3. The van der Waals surface area contributed by atoms with Gasteiger partial charge in [-0.3, -0.25) is 0 Å². The molecule has 16 heavy (non-hydrogen) atoms. The summed E-state index contributed by atoms with van der Waals surface area (Å²) in [5.74, 6) is 3.93. The fourth-order valence-corrected chi connectivity index (χ4v) is 3.42. The molecule has 1 aliphatic carbocycles. The summed E-state index contributed by atoms with van der Waals surface area (Å²) in [6.07, 6.45) is 7.89. The zero-order valence-corrected chi connectivity index (χ0v) is 12.3. The molecule has 0 amide bonds. The average molecular weight is 243 g/mol. The Morgan fingerprint density at radius 2 is 2.00 bits per heavy atom. The second kappa shape index (κ2) is 7.60. The Hall–Kier alpha value is 0.310. The number of nitrogens with one attached hydrogen (secondary N) is 1. The fourth-order valence-electron chi connectivity index (χ4n) is 2.73. The molecule has 0 spiro atoms. The van der Waals surface area contributed by atoms with Gasteiger partial charge in [-0.2, -0.15) is 11.8 Å². The molecule has 0 radical (unpaired) electrons. The highest BCUT2D eigenvalue weighted by Crippen LogP contribution is 2.29. The molecule has 1 saturated carbocycles. The molecule has 0 aromatic rings. The summed E-state index contributed by atoms with van der Waals surface area (Å²) in [5.41, 5.74) is 0. The van der Waals surface area contributed by atoms with Gasteiger partial charge in [0.15, 0.2) is 0 Å². The summed E-state index contributed by atoms with van der Waals surface area (Å²) in [5, 5.41) is 3.78. The highest BCUT2D eigenvalue weighted by Gasteiger charge is 2.23. The predicted molar refractivity (Wildman–Crippen MR) is 76.1 cm³/mol. The van der Waals surface area contributed by atoms with E-state index in [1.54, 1.807) is 0 Å². The number of hydrogen-bond acceptors (Lipinski definition) is 2. The van der Waals surface area contributed by atoms with E-state index in [0.717, 1.165) is 23.8 Å². The largest absolute Gasteiger partial charge is 0.314 e. The van der Waals surface area contributed by atoms with Crippen LogP contribution in [0.25, 0.3) is 0 Å². The van der Waals surface area contributed by atoms with Crippen LogP contribution in [0, 0.1) is 17.8 Å². The number of thioether (sulfide) groups is 1. The molecule has 2 heteroatoms. The van der Waals surface area contributed by atoms with Crippen molar-refractivity contribution in [2.45, 2.75) is 52.5 Å². The minimum atomic E-state index is 0.797. The molecule has 1 fully saturated rings. The van der Waals surface area contributed by atoms with E-state index in [0.29, 0.717) is 0 Å². The quantitative estimate of drug-likeness (QED) is 0.762.